The van der Waals surface area contributed by atoms with Gasteiger partial charge in [-0.25, -0.2) is 9.97 Å². The number of benzene rings is 2. The van der Waals surface area contributed by atoms with Gasteiger partial charge >= 0.3 is 0 Å². The van der Waals surface area contributed by atoms with Crippen molar-refractivity contribution in [2.45, 2.75) is 31.1 Å². The summed E-state index contributed by atoms with van der Waals surface area (Å²) in [6.45, 7) is 2.19. The molecule has 2 aromatic heterocycles. The molecule has 126 valence electrons. The third kappa shape index (κ3) is 3.00. The van der Waals surface area contributed by atoms with E-state index in [0.29, 0.717) is 0 Å². The van der Waals surface area contributed by atoms with Gasteiger partial charge in [-0.2, -0.15) is 4.52 Å². The molecule has 0 N–H and O–H groups in total. The Morgan fingerprint density at radius 2 is 1.80 bits per heavy atom. The standard InChI is InChI=1S/C20H20N4S/c1-3-4-9-18-21-17-8-6-5-7-16(17)20-22-19(23-24(18)20)14-10-12-15(25-2)13-11-14/h5-8,10-13H,3-4,9H2,1-2H3. The lowest BCUT2D eigenvalue weighted by molar-refractivity contribution is 0.720. The van der Waals surface area contributed by atoms with E-state index in [-0.39, 0.29) is 0 Å². The topological polar surface area (TPSA) is 43.1 Å². The minimum Gasteiger partial charge on any atom is -0.233 e. The fourth-order valence-electron chi connectivity index (χ4n) is 2.97. The molecule has 0 aliphatic heterocycles. The predicted molar refractivity (Wildman–Crippen MR) is 104 cm³/mol. The summed E-state index contributed by atoms with van der Waals surface area (Å²) in [4.78, 5) is 10.9. The first-order valence-corrected chi connectivity index (χ1v) is 9.81. The normalized spacial score (nSPS) is 11.4. The van der Waals surface area contributed by atoms with Gasteiger partial charge in [-0.1, -0.05) is 37.6 Å². The van der Waals surface area contributed by atoms with E-state index in [1.807, 2.05) is 22.7 Å². The van der Waals surface area contributed by atoms with Gasteiger partial charge in [0.1, 0.15) is 5.82 Å². The van der Waals surface area contributed by atoms with Crippen LogP contribution in [0.2, 0.25) is 0 Å². The van der Waals surface area contributed by atoms with E-state index in [1.54, 1.807) is 11.8 Å². The van der Waals surface area contributed by atoms with E-state index >= 15 is 0 Å². The van der Waals surface area contributed by atoms with Crippen molar-refractivity contribution in [3.05, 3.63) is 54.4 Å². The number of nitrogens with zero attached hydrogens (tertiary/aromatic N) is 4. The molecule has 0 saturated carbocycles. The third-order valence-corrected chi connectivity index (χ3v) is 5.09. The first-order valence-electron chi connectivity index (χ1n) is 8.59. The summed E-state index contributed by atoms with van der Waals surface area (Å²) < 4.78 is 1.93. The summed E-state index contributed by atoms with van der Waals surface area (Å²) in [5, 5.41) is 5.82. The lowest BCUT2D eigenvalue weighted by Gasteiger charge is -2.05. The Kier molecular flexibility index (Phi) is 4.40. The van der Waals surface area contributed by atoms with Gasteiger partial charge in [-0.05, 0) is 36.9 Å². The van der Waals surface area contributed by atoms with Crippen LogP contribution in [0.25, 0.3) is 27.9 Å². The van der Waals surface area contributed by atoms with E-state index in [0.717, 1.165) is 53.0 Å². The summed E-state index contributed by atoms with van der Waals surface area (Å²) in [6, 6.07) is 16.6. The third-order valence-electron chi connectivity index (χ3n) is 4.35. The minimum absolute atomic E-state index is 0.753. The number of thioether (sulfide) groups is 1. The molecule has 0 atom stereocenters. The number of fused-ring (bicyclic) bond motifs is 3. The highest BCUT2D eigenvalue weighted by molar-refractivity contribution is 7.98. The molecule has 4 nitrogen and oxygen atoms in total. The van der Waals surface area contributed by atoms with E-state index in [2.05, 4.69) is 43.5 Å². The summed E-state index contributed by atoms with van der Waals surface area (Å²) in [5.41, 5.74) is 2.91. The van der Waals surface area contributed by atoms with Gasteiger partial charge in [0.05, 0.1) is 5.52 Å². The van der Waals surface area contributed by atoms with Crippen LogP contribution in [0.4, 0.5) is 0 Å². The van der Waals surface area contributed by atoms with Crippen molar-refractivity contribution in [2.75, 3.05) is 6.26 Å². The molecule has 0 fully saturated rings. The molecule has 0 amide bonds. The van der Waals surface area contributed by atoms with E-state index < -0.39 is 0 Å². The first kappa shape index (κ1) is 16.1. The van der Waals surface area contributed by atoms with Gasteiger partial charge in [0.25, 0.3) is 0 Å². The Hall–Kier alpha value is -2.40. The highest BCUT2D eigenvalue weighted by Crippen LogP contribution is 2.24. The van der Waals surface area contributed by atoms with Crippen LogP contribution in [0.5, 0.6) is 0 Å². The molecule has 0 bridgehead atoms. The second kappa shape index (κ2) is 6.84. The van der Waals surface area contributed by atoms with Crippen molar-refractivity contribution in [1.82, 2.24) is 19.6 Å². The van der Waals surface area contributed by atoms with Crippen LogP contribution < -0.4 is 0 Å². The monoisotopic (exact) mass is 348 g/mol. The zero-order chi connectivity index (χ0) is 17.2. The molecule has 0 radical (unpaired) electrons. The Morgan fingerprint density at radius 1 is 1.00 bits per heavy atom. The Labute approximate surface area is 151 Å². The van der Waals surface area contributed by atoms with Gasteiger partial charge in [0.15, 0.2) is 11.5 Å². The second-order valence-corrected chi connectivity index (χ2v) is 6.93. The molecule has 4 rings (SSSR count). The largest absolute Gasteiger partial charge is 0.233 e. The SMILES string of the molecule is CCCCc1nc2ccccc2c2nc(-c3ccc(SC)cc3)nn12. The maximum Gasteiger partial charge on any atom is 0.182 e. The minimum atomic E-state index is 0.753. The van der Waals surface area contributed by atoms with Crippen LogP contribution in [0.1, 0.15) is 25.6 Å². The average molecular weight is 348 g/mol. The highest BCUT2D eigenvalue weighted by atomic mass is 32.2. The van der Waals surface area contributed by atoms with Crippen LogP contribution >= 0.6 is 11.8 Å². The fraction of sp³-hybridized carbons (Fsp3) is 0.250. The Bertz CT molecular complexity index is 1020. The van der Waals surface area contributed by atoms with Crippen molar-refractivity contribution in [3.63, 3.8) is 0 Å². The second-order valence-electron chi connectivity index (χ2n) is 6.05. The number of aromatic nitrogens is 4. The summed E-state index contributed by atoms with van der Waals surface area (Å²) in [6.07, 6.45) is 5.22. The molecule has 2 heterocycles. The van der Waals surface area contributed by atoms with Crippen LogP contribution in [0, 0.1) is 0 Å². The number of hydrogen-bond acceptors (Lipinski definition) is 4. The van der Waals surface area contributed by atoms with Gasteiger partial charge in [0, 0.05) is 22.3 Å². The molecular weight excluding hydrogens is 328 g/mol. The van der Waals surface area contributed by atoms with Gasteiger partial charge < -0.3 is 0 Å². The van der Waals surface area contributed by atoms with Gasteiger partial charge in [-0.3, -0.25) is 0 Å². The van der Waals surface area contributed by atoms with Crippen LogP contribution in [-0.2, 0) is 6.42 Å². The van der Waals surface area contributed by atoms with E-state index in [9.17, 15) is 0 Å². The van der Waals surface area contributed by atoms with Gasteiger partial charge in [-0.15, -0.1) is 16.9 Å². The van der Waals surface area contributed by atoms with Crippen molar-refractivity contribution >= 4 is 28.3 Å². The van der Waals surface area contributed by atoms with Crippen LogP contribution in [0.3, 0.4) is 0 Å². The van der Waals surface area contributed by atoms with Crippen molar-refractivity contribution in [1.29, 1.82) is 0 Å². The Balaban J connectivity index is 1.91. The molecule has 0 unspecified atom stereocenters. The predicted octanol–water partition coefficient (Wildman–Crippen LogP) is 5.01. The molecule has 4 aromatic rings. The van der Waals surface area contributed by atoms with Crippen molar-refractivity contribution in [3.8, 4) is 11.4 Å². The molecule has 25 heavy (non-hydrogen) atoms. The zero-order valence-corrected chi connectivity index (χ0v) is 15.3. The van der Waals surface area contributed by atoms with E-state index in [4.69, 9.17) is 15.1 Å². The van der Waals surface area contributed by atoms with E-state index in [1.165, 1.54) is 4.90 Å². The molecule has 0 saturated heterocycles. The number of hydrogen-bond donors (Lipinski definition) is 0. The van der Waals surface area contributed by atoms with Crippen molar-refractivity contribution in [2.24, 2.45) is 0 Å². The molecule has 2 aromatic carbocycles. The van der Waals surface area contributed by atoms with Crippen molar-refractivity contribution < 1.29 is 0 Å². The highest BCUT2D eigenvalue weighted by Gasteiger charge is 2.14. The molecular formula is C20H20N4S. The number of unbranched alkanes of at least 4 members (excludes halogenated alkanes) is 1. The average Bonchev–Trinajstić information content (AvgIpc) is 3.12. The molecule has 0 spiro atoms. The smallest absolute Gasteiger partial charge is 0.182 e. The van der Waals surface area contributed by atoms with Crippen LogP contribution in [0.15, 0.2) is 53.4 Å². The molecule has 0 aliphatic carbocycles. The number of rotatable bonds is 5. The number of aryl methyl sites for hydroxylation is 1. The number of para-hydroxylation sites is 1. The van der Waals surface area contributed by atoms with Crippen LogP contribution in [-0.4, -0.2) is 25.8 Å². The maximum atomic E-state index is 4.84. The lowest BCUT2D eigenvalue weighted by Crippen LogP contribution is -2.03. The quantitative estimate of drug-likeness (QED) is 0.476. The summed E-state index contributed by atoms with van der Waals surface area (Å²) in [7, 11) is 0. The summed E-state index contributed by atoms with van der Waals surface area (Å²) in [5.74, 6) is 1.73. The fourth-order valence-corrected chi connectivity index (χ4v) is 3.38. The lowest BCUT2D eigenvalue weighted by atomic mass is 10.2. The zero-order valence-electron chi connectivity index (χ0n) is 14.4. The Morgan fingerprint density at radius 3 is 2.56 bits per heavy atom. The molecule has 0 aliphatic rings. The molecule has 5 heteroatoms. The first-order chi connectivity index (χ1) is 12.3. The van der Waals surface area contributed by atoms with Gasteiger partial charge in [0.2, 0.25) is 0 Å². The summed E-state index contributed by atoms with van der Waals surface area (Å²) >= 11 is 1.74. The maximum absolute atomic E-state index is 4.84.